The monoisotopic (exact) mass is 375 g/mol. The van der Waals surface area contributed by atoms with E-state index < -0.39 is 5.60 Å². The van der Waals surface area contributed by atoms with Crippen molar-refractivity contribution >= 4 is 22.0 Å². The van der Waals surface area contributed by atoms with E-state index in [4.69, 9.17) is 4.74 Å². The molecule has 0 aliphatic carbocycles. The zero-order valence-corrected chi connectivity index (χ0v) is 15.3. The zero-order chi connectivity index (χ0) is 16.9. The Morgan fingerprint density at radius 2 is 1.48 bits per heavy atom. The normalized spacial score (nSPS) is 11.1. The van der Waals surface area contributed by atoms with Gasteiger partial charge in [-0.3, -0.25) is 4.90 Å². The van der Waals surface area contributed by atoms with Crippen LogP contribution in [0.5, 0.6) is 0 Å². The molecule has 0 saturated carbocycles. The molecule has 0 spiro atoms. The van der Waals surface area contributed by atoms with E-state index in [1.165, 1.54) is 0 Å². The number of amides is 1. The lowest BCUT2D eigenvalue weighted by Gasteiger charge is -2.27. The van der Waals surface area contributed by atoms with Crippen molar-refractivity contribution in [2.75, 3.05) is 0 Å². The zero-order valence-electron chi connectivity index (χ0n) is 13.8. The fourth-order valence-corrected chi connectivity index (χ4v) is 2.39. The van der Waals surface area contributed by atoms with Crippen molar-refractivity contribution in [3.8, 4) is 0 Å². The quantitative estimate of drug-likeness (QED) is 0.716. The van der Waals surface area contributed by atoms with Gasteiger partial charge in [-0.2, -0.15) is 0 Å². The van der Waals surface area contributed by atoms with Crippen molar-refractivity contribution in [3.05, 3.63) is 70.2 Å². The molecule has 0 fully saturated rings. The maximum Gasteiger partial charge on any atom is 0.410 e. The Labute approximate surface area is 146 Å². The van der Waals surface area contributed by atoms with Gasteiger partial charge in [0, 0.05) is 17.6 Å². The number of hydrogen-bond donors (Lipinski definition) is 0. The average Bonchev–Trinajstić information content (AvgIpc) is 2.48. The molecule has 4 heteroatoms. The van der Waals surface area contributed by atoms with Gasteiger partial charge in [-0.25, -0.2) is 4.79 Å². The largest absolute Gasteiger partial charge is 0.444 e. The first-order valence-electron chi connectivity index (χ1n) is 7.60. The van der Waals surface area contributed by atoms with Crippen LogP contribution in [-0.2, 0) is 17.8 Å². The van der Waals surface area contributed by atoms with Crippen LogP contribution in [0.4, 0.5) is 4.79 Å². The Balaban J connectivity index is 2.16. The number of halogens is 1. The molecule has 0 bridgehead atoms. The summed E-state index contributed by atoms with van der Waals surface area (Å²) in [5.74, 6) is 0. The summed E-state index contributed by atoms with van der Waals surface area (Å²) in [6, 6.07) is 17.9. The molecular formula is C19H22BrNO2. The molecule has 2 aromatic rings. The van der Waals surface area contributed by atoms with E-state index in [9.17, 15) is 4.79 Å². The highest BCUT2D eigenvalue weighted by Crippen LogP contribution is 2.17. The highest BCUT2D eigenvalue weighted by atomic mass is 79.9. The van der Waals surface area contributed by atoms with Crippen LogP contribution in [0.25, 0.3) is 0 Å². The van der Waals surface area contributed by atoms with E-state index in [-0.39, 0.29) is 6.09 Å². The summed E-state index contributed by atoms with van der Waals surface area (Å²) < 4.78 is 6.57. The second-order valence-electron chi connectivity index (χ2n) is 6.45. The minimum absolute atomic E-state index is 0.302. The molecule has 0 radical (unpaired) electrons. The first-order valence-corrected chi connectivity index (χ1v) is 8.39. The molecule has 0 unspecified atom stereocenters. The number of hydrogen-bond acceptors (Lipinski definition) is 2. The van der Waals surface area contributed by atoms with Gasteiger partial charge >= 0.3 is 6.09 Å². The Morgan fingerprint density at radius 1 is 0.957 bits per heavy atom. The van der Waals surface area contributed by atoms with Gasteiger partial charge in [-0.15, -0.1) is 0 Å². The number of ether oxygens (including phenoxy) is 1. The van der Waals surface area contributed by atoms with Crippen LogP contribution in [-0.4, -0.2) is 16.6 Å². The Hall–Kier alpha value is -1.81. The first kappa shape index (κ1) is 17.5. The van der Waals surface area contributed by atoms with Gasteiger partial charge in [0.2, 0.25) is 0 Å². The van der Waals surface area contributed by atoms with E-state index in [0.717, 1.165) is 15.6 Å². The molecule has 2 rings (SSSR count). The van der Waals surface area contributed by atoms with Crippen LogP contribution in [0.2, 0.25) is 0 Å². The lowest BCUT2D eigenvalue weighted by Crippen LogP contribution is -2.36. The SMILES string of the molecule is CC(C)(C)OC(=O)N(Cc1ccccc1)Cc1ccc(Br)cc1. The number of carbonyl (C=O) groups excluding carboxylic acids is 1. The summed E-state index contributed by atoms with van der Waals surface area (Å²) in [6.07, 6.45) is -0.302. The first-order chi connectivity index (χ1) is 10.8. The van der Waals surface area contributed by atoms with Gasteiger partial charge in [0.15, 0.2) is 0 Å². The maximum atomic E-state index is 12.5. The fourth-order valence-electron chi connectivity index (χ4n) is 2.13. The summed E-state index contributed by atoms with van der Waals surface area (Å²) in [6.45, 7) is 6.67. The molecule has 0 aliphatic rings. The van der Waals surface area contributed by atoms with E-state index in [0.29, 0.717) is 13.1 Å². The topological polar surface area (TPSA) is 29.5 Å². The molecule has 0 aliphatic heterocycles. The number of rotatable bonds is 4. The van der Waals surface area contributed by atoms with Crippen molar-refractivity contribution in [3.63, 3.8) is 0 Å². The lowest BCUT2D eigenvalue weighted by atomic mass is 10.1. The van der Waals surface area contributed by atoms with Crippen molar-refractivity contribution < 1.29 is 9.53 Å². The summed E-state index contributed by atoms with van der Waals surface area (Å²) in [5, 5.41) is 0. The Kier molecular flexibility index (Phi) is 5.83. The van der Waals surface area contributed by atoms with Crippen molar-refractivity contribution in [2.45, 2.75) is 39.5 Å². The van der Waals surface area contributed by atoms with Gasteiger partial charge in [-0.05, 0) is 44.0 Å². The third-order valence-electron chi connectivity index (χ3n) is 3.15. The molecule has 0 aromatic heterocycles. The maximum absolute atomic E-state index is 12.5. The predicted octanol–water partition coefficient (Wildman–Crippen LogP) is 5.39. The standard InChI is InChI=1S/C19H22BrNO2/c1-19(2,3)23-18(22)21(13-15-7-5-4-6-8-15)14-16-9-11-17(20)12-10-16/h4-12H,13-14H2,1-3H3. The van der Waals surface area contributed by atoms with E-state index in [1.807, 2.05) is 75.4 Å². The second-order valence-corrected chi connectivity index (χ2v) is 7.36. The third kappa shape index (κ3) is 6.06. The minimum Gasteiger partial charge on any atom is -0.444 e. The highest BCUT2D eigenvalue weighted by Gasteiger charge is 2.22. The molecule has 3 nitrogen and oxygen atoms in total. The van der Waals surface area contributed by atoms with E-state index in [1.54, 1.807) is 4.90 Å². The summed E-state index contributed by atoms with van der Waals surface area (Å²) in [7, 11) is 0. The Morgan fingerprint density at radius 3 is 2.00 bits per heavy atom. The predicted molar refractivity (Wildman–Crippen MR) is 96.1 cm³/mol. The minimum atomic E-state index is -0.508. The van der Waals surface area contributed by atoms with E-state index >= 15 is 0 Å². The van der Waals surface area contributed by atoms with Gasteiger partial charge in [0.1, 0.15) is 5.60 Å². The van der Waals surface area contributed by atoms with Crippen molar-refractivity contribution in [1.82, 2.24) is 4.90 Å². The van der Waals surface area contributed by atoms with Gasteiger partial charge in [0.25, 0.3) is 0 Å². The van der Waals surface area contributed by atoms with Crippen molar-refractivity contribution in [1.29, 1.82) is 0 Å². The van der Waals surface area contributed by atoms with Gasteiger partial charge in [0.05, 0.1) is 0 Å². The molecule has 0 N–H and O–H groups in total. The molecule has 1 amide bonds. The molecule has 2 aromatic carbocycles. The van der Waals surface area contributed by atoms with Gasteiger partial charge in [-0.1, -0.05) is 58.4 Å². The van der Waals surface area contributed by atoms with Crippen LogP contribution in [0, 0.1) is 0 Å². The van der Waals surface area contributed by atoms with Crippen LogP contribution >= 0.6 is 15.9 Å². The molecule has 0 heterocycles. The smallest absolute Gasteiger partial charge is 0.410 e. The van der Waals surface area contributed by atoms with Gasteiger partial charge < -0.3 is 4.74 Å². The van der Waals surface area contributed by atoms with Crippen molar-refractivity contribution in [2.24, 2.45) is 0 Å². The molecule has 0 saturated heterocycles. The number of carbonyl (C=O) groups is 1. The summed E-state index contributed by atoms with van der Waals surface area (Å²) in [4.78, 5) is 14.3. The number of benzene rings is 2. The average molecular weight is 376 g/mol. The summed E-state index contributed by atoms with van der Waals surface area (Å²) in [5.41, 5.74) is 1.64. The molecule has 122 valence electrons. The molecular weight excluding hydrogens is 354 g/mol. The van der Waals surface area contributed by atoms with Crippen LogP contribution < -0.4 is 0 Å². The third-order valence-corrected chi connectivity index (χ3v) is 3.68. The van der Waals surface area contributed by atoms with E-state index in [2.05, 4.69) is 15.9 Å². The number of nitrogens with zero attached hydrogens (tertiary/aromatic N) is 1. The highest BCUT2D eigenvalue weighted by molar-refractivity contribution is 9.10. The van der Waals surface area contributed by atoms with Crippen LogP contribution in [0.1, 0.15) is 31.9 Å². The lowest BCUT2D eigenvalue weighted by molar-refractivity contribution is 0.0216. The van der Waals surface area contributed by atoms with Crippen LogP contribution in [0.15, 0.2) is 59.1 Å². The van der Waals surface area contributed by atoms with Crippen LogP contribution in [0.3, 0.4) is 0 Å². The second kappa shape index (κ2) is 7.64. The molecule has 23 heavy (non-hydrogen) atoms. The molecule has 0 atom stereocenters. The Bertz CT molecular complexity index is 633. The fraction of sp³-hybridized carbons (Fsp3) is 0.316. The summed E-state index contributed by atoms with van der Waals surface area (Å²) >= 11 is 3.43.